The lowest BCUT2D eigenvalue weighted by atomic mass is 9.88. The van der Waals surface area contributed by atoms with Gasteiger partial charge in [0.15, 0.2) is 0 Å². The fraction of sp³-hybridized carbons (Fsp3) is 0.345. The van der Waals surface area contributed by atoms with Crippen LogP contribution in [0.2, 0.25) is 0 Å². The van der Waals surface area contributed by atoms with E-state index in [1.807, 2.05) is 23.1 Å². The maximum Gasteiger partial charge on any atom is 0.322 e. The summed E-state index contributed by atoms with van der Waals surface area (Å²) in [6.07, 6.45) is 0.0547. The zero-order chi connectivity index (χ0) is 25.5. The number of carbonyl (C=O) groups excluding carboxylic acids is 2. The molecule has 1 fully saturated rings. The molecule has 37 heavy (non-hydrogen) atoms. The Kier molecular flexibility index (Phi) is 10.1. The average molecular weight is 524 g/mol. The van der Waals surface area contributed by atoms with Crippen molar-refractivity contribution in [3.05, 3.63) is 83.9 Å². The van der Waals surface area contributed by atoms with Crippen molar-refractivity contribution in [1.82, 2.24) is 15.5 Å². The molecule has 196 valence electrons. The normalized spacial score (nSPS) is 17.7. The van der Waals surface area contributed by atoms with Crippen LogP contribution in [0.15, 0.2) is 72.8 Å². The minimum absolute atomic E-state index is 0. The second kappa shape index (κ2) is 13.2. The number of carboxylic acids is 1. The van der Waals surface area contributed by atoms with Crippen molar-refractivity contribution in [2.45, 2.75) is 31.7 Å². The molecule has 3 atom stereocenters. The van der Waals surface area contributed by atoms with Crippen molar-refractivity contribution >= 4 is 41.0 Å². The lowest BCUT2D eigenvalue weighted by Crippen LogP contribution is -2.33. The van der Waals surface area contributed by atoms with Gasteiger partial charge in [0.2, 0.25) is 11.8 Å². The molecule has 0 bridgehead atoms. The molecular weight excluding hydrogens is 490 g/mol. The highest BCUT2D eigenvalue weighted by atomic mass is 35.5. The van der Waals surface area contributed by atoms with Gasteiger partial charge in [-0.3, -0.25) is 14.4 Å². The molecule has 4 rings (SSSR count). The van der Waals surface area contributed by atoms with Crippen LogP contribution in [0, 0.1) is 5.92 Å². The molecule has 0 unspecified atom stereocenters. The third kappa shape index (κ3) is 7.31. The highest BCUT2D eigenvalue weighted by Gasteiger charge is 2.36. The van der Waals surface area contributed by atoms with Crippen LogP contribution < -0.4 is 10.6 Å². The Morgan fingerprint density at radius 1 is 0.946 bits per heavy atom. The van der Waals surface area contributed by atoms with E-state index in [-0.39, 0.29) is 49.0 Å². The second-order valence-corrected chi connectivity index (χ2v) is 9.44. The number of hydrogen-bond donors (Lipinski definition) is 3. The van der Waals surface area contributed by atoms with Gasteiger partial charge in [-0.2, -0.15) is 0 Å². The maximum atomic E-state index is 12.9. The largest absolute Gasteiger partial charge is 0.480 e. The molecule has 1 aliphatic heterocycles. The van der Waals surface area contributed by atoms with E-state index < -0.39 is 18.4 Å². The number of carboxylic acid groups (broad SMARTS) is 1. The van der Waals surface area contributed by atoms with Gasteiger partial charge in [0.25, 0.3) is 0 Å². The van der Waals surface area contributed by atoms with Crippen molar-refractivity contribution < 1.29 is 19.5 Å². The molecule has 1 aliphatic rings. The number of rotatable bonds is 10. The molecule has 3 N–H and O–H groups in total. The van der Waals surface area contributed by atoms with Crippen LogP contribution in [-0.2, 0) is 14.4 Å². The van der Waals surface area contributed by atoms with E-state index in [0.717, 1.165) is 6.54 Å². The molecule has 7 nitrogen and oxygen atoms in total. The highest BCUT2D eigenvalue weighted by molar-refractivity contribution is 5.87. The van der Waals surface area contributed by atoms with E-state index in [0.29, 0.717) is 13.1 Å². The van der Waals surface area contributed by atoms with E-state index in [2.05, 4.69) is 72.2 Å². The van der Waals surface area contributed by atoms with Crippen molar-refractivity contribution in [1.29, 1.82) is 0 Å². The monoisotopic (exact) mass is 523 g/mol. The number of halogens is 1. The summed E-state index contributed by atoms with van der Waals surface area (Å²) in [4.78, 5) is 37.3. The lowest BCUT2D eigenvalue weighted by Gasteiger charge is -2.23. The number of nitrogens with one attached hydrogen (secondary N) is 2. The standard InChI is InChI=1S/C29H33N3O4.ClH/c1-20(24-13-7-11-21-10-5-6-12-25(21)24)30-16-23-18-32(19-26(23)22-8-3-2-4-9-22)28(34)15-14-27(33)31-17-29(35)36;/h2-13,20,23,26,30H,14-19H2,1H3,(H,31,33)(H,35,36);1H/t20-,23-,26-;/m1./s1. The summed E-state index contributed by atoms with van der Waals surface area (Å²) in [5.41, 5.74) is 2.46. The van der Waals surface area contributed by atoms with Gasteiger partial charge < -0.3 is 20.6 Å². The topological polar surface area (TPSA) is 98.7 Å². The molecule has 2 amide bonds. The van der Waals surface area contributed by atoms with Gasteiger partial charge in [0.05, 0.1) is 0 Å². The van der Waals surface area contributed by atoms with Crippen LogP contribution in [0.4, 0.5) is 0 Å². The summed E-state index contributed by atoms with van der Waals surface area (Å²) in [6.45, 7) is 3.72. The van der Waals surface area contributed by atoms with Crippen LogP contribution in [-0.4, -0.2) is 54.0 Å². The molecule has 0 aliphatic carbocycles. The molecule has 3 aromatic rings. The SMILES string of the molecule is C[C@@H](NC[C@@H]1CN(C(=O)CCC(=O)NCC(=O)O)C[C@@H]1c1ccccc1)c1cccc2ccccc12.Cl. The number of nitrogens with zero attached hydrogens (tertiary/aromatic N) is 1. The Morgan fingerprint density at radius 2 is 1.65 bits per heavy atom. The van der Waals surface area contributed by atoms with E-state index >= 15 is 0 Å². The van der Waals surface area contributed by atoms with Crippen LogP contribution in [0.1, 0.15) is 42.9 Å². The Labute approximate surface area is 223 Å². The molecule has 3 aromatic carbocycles. The zero-order valence-corrected chi connectivity index (χ0v) is 21.7. The van der Waals surface area contributed by atoms with Gasteiger partial charge in [-0.25, -0.2) is 0 Å². The Balaban J connectivity index is 0.00000380. The quantitative estimate of drug-likeness (QED) is 0.371. The Morgan fingerprint density at radius 3 is 2.41 bits per heavy atom. The predicted molar refractivity (Wildman–Crippen MR) is 147 cm³/mol. The summed E-state index contributed by atoms with van der Waals surface area (Å²) in [6, 6.07) is 25.2. The minimum Gasteiger partial charge on any atom is -0.480 e. The first-order valence-corrected chi connectivity index (χ1v) is 12.4. The highest BCUT2D eigenvalue weighted by Crippen LogP contribution is 2.33. The summed E-state index contributed by atoms with van der Waals surface area (Å²) >= 11 is 0. The van der Waals surface area contributed by atoms with Crippen LogP contribution in [0.25, 0.3) is 10.8 Å². The second-order valence-electron chi connectivity index (χ2n) is 9.44. The van der Waals surface area contributed by atoms with Crippen molar-refractivity contribution in [3.8, 4) is 0 Å². The summed E-state index contributed by atoms with van der Waals surface area (Å²) in [5.74, 6) is -1.18. The van der Waals surface area contributed by atoms with Crippen molar-refractivity contribution in [3.63, 3.8) is 0 Å². The third-order valence-electron chi connectivity index (χ3n) is 7.00. The summed E-state index contributed by atoms with van der Waals surface area (Å²) < 4.78 is 0. The first kappa shape index (κ1) is 28.2. The van der Waals surface area contributed by atoms with Crippen molar-refractivity contribution in [2.24, 2.45) is 5.92 Å². The number of amides is 2. The van der Waals surface area contributed by atoms with Gasteiger partial charge in [-0.05, 0) is 34.7 Å². The summed E-state index contributed by atoms with van der Waals surface area (Å²) in [5, 5.41) is 17.2. The minimum atomic E-state index is -1.10. The summed E-state index contributed by atoms with van der Waals surface area (Å²) in [7, 11) is 0. The van der Waals surface area contributed by atoms with E-state index in [4.69, 9.17) is 5.11 Å². The van der Waals surface area contributed by atoms with E-state index in [1.54, 1.807) is 0 Å². The smallest absolute Gasteiger partial charge is 0.322 e. The van der Waals surface area contributed by atoms with E-state index in [1.165, 1.54) is 21.9 Å². The maximum absolute atomic E-state index is 12.9. The Hall–Kier alpha value is -3.42. The number of benzene rings is 3. The predicted octanol–water partition coefficient (Wildman–Crippen LogP) is 4.14. The molecular formula is C29H34ClN3O4. The van der Waals surface area contributed by atoms with Crippen LogP contribution in [0.5, 0.6) is 0 Å². The lowest BCUT2D eigenvalue weighted by molar-refractivity contribution is -0.138. The third-order valence-corrected chi connectivity index (χ3v) is 7.00. The number of likely N-dealkylation sites (tertiary alicyclic amines) is 1. The zero-order valence-electron chi connectivity index (χ0n) is 20.9. The van der Waals surface area contributed by atoms with Gasteiger partial charge >= 0.3 is 5.97 Å². The number of aliphatic carboxylic acids is 1. The van der Waals surface area contributed by atoms with E-state index in [9.17, 15) is 14.4 Å². The molecule has 1 heterocycles. The molecule has 1 saturated heterocycles. The first-order valence-electron chi connectivity index (χ1n) is 12.4. The van der Waals surface area contributed by atoms with Gasteiger partial charge in [0, 0.05) is 44.4 Å². The fourth-order valence-corrected chi connectivity index (χ4v) is 5.07. The molecule has 0 radical (unpaired) electrons. The number of fused-ring (bicyclic) bond motifs is 1. The first-order chi connectivity index (χ1) is 17.4. The molecule has 0 aromatic heterocycles. The molecule has 0 saturated carbocycles. The average Bonchev–Trinajstić information content (AvgIpc) is 3.33. The molecule has 0 spiro atoms. The van der Waals surface area contributed by atoms with Gasteiger partial charge in [0.1, 0.15) is 6.54 Å². The van der Waals surface area contributed by atoms with Crippen LogP contribution >= 0.6 is 12.4 Å². The van der Waals surface area contributed by atoms with Crippen LogP contribution in [0.3, 0.4) is 0 Å². The number of carbonyl (C=O) groups is 3. The van der Waals surface area contributed by atoms with Gasteiger partial charge in [-0.1, -0.05) is 72.8 Å². The Bertz CT molecular complexity index is 1210. The molecule has 8 heteroatoms. The number of hydrogen-bond acceptors (Lipinski definition) is 4. The van der Waals surface area contributed by atoms with Crippen molar-refractivity contribution in [2.75, 3.05) is 26.2 Å². The van der Waals surface area contributed by atoms with Gasteiger partial charge in [-0.15, -0.1) is 12.4 Å². The fourth-order valence-electron chi connectivity index (χ4n) is 5.07.